The summed E-state index contributed by atoms with van der Waals surface area (Å²) < 4.78 is 0. The van der Waals surface area contributed by atoms with Crippen molar-refractivity contribution in [3.63, 3.8) is 0 Å². The first kappa shape index (κ1) is 15.4. The molecule has 0 aromatic carbocycles. The van der Waals surface area contributed by atoms with Crippen molar-refractivity contribution in [3.8, 4) is 0 Å². The van der Waals surface area contributed by atoms with E-state index < -0.39 is 0 Å². The molecule has 1 aliphatic heterocycles. The fourth-order valence-corrected chi connectivity index (χ4v) is 2.35. The summed E-state index contributed by atoms with van der Waals surface area (Å²) in [5, 5.41) is 6.41. The highest BCUT2D eigenvalue weighted by atomic mass is 16.2. The Morgan fingerprint density at radius 2 is 2.17 bits per heavy atom. The zero-order valence-electron chi connectivity index (χ0n) is 12.2. The third kappa shape index (κ3) is 6.36. The van der Waals surface area contributed by atoms with Gasteiger partial charge in [-0.3, -0.25) is 9.69 Å². The van der Waals surface area contributed by atoms with E-state index in [0.29, 0.717) is 18.5 Å². The van der Waals surface area contributed by atoms with E-state index >= 15 is 0 Å². The topological polar surface area (TPSA) is 44.4 Å². The van der Waals surface area contributed by atoms with Crippen LogP contribution in [0.25, 0.3) is 0 Å². The lowest BCUT2D eigenvalue weighted by molar-refractivity contribution is -0.122. The summed E-state index contributed by atoms with van der Waals surface area (Å²) in [6.07, 6.45) is 4.62. The van der Waals surface area contributed by atoms with Crippen molar-refractivity contribution in [1.82, 2.24) is 15.5 Å². The molecule has 1 atom stereocenters. The highest BCUT2D eigenvalue weighted by Gasteiger charge is 2.18. The number of carbonyl (C=O) groups excluding carboxylic acids is 1. The van der Waals surface area contributed by atoms with Gasteiger partial charge < -0.3 is 10.6 Å². The van der Waals surface area contributed by atoms with Crippen LogP contribution in [0.1, 0.15) is 39.5 Å². The van der Waals surface area contributed by atoms with Crippen LogP contribution in [-0.2, 0) is 4.79 Å². The first-order chi connectivity index (χ1) is 8.59. The third-order valence-corrected chi connectivity index (χ3v) is 3.61. The Morgan fingerprint density at radius 3 is 2.89 bits per heavy atom. The Balaban J connectivity index is 2.20. The standard InChI is InChI=1S/C14H29N3O/c1-12(2)6-10-16-14(18)11-17(3)13-5-4-8-15-9-7-13/h12-13,15H,4-11H2,1-3H3,(H,16,18). The quantitative estimate of drug-likeness (QED) is 0.750. The Labute approximate surface area is 111 Å². The SMILES string of the molecule is CC(C)CCNC(=O)CN(C)C1CCCNCC1. The molecule has 0 aromatic heterocycles. The minimum absolute atomic E-state index is 0.162. The number of amides is 1. The number of likely N-dealkylation sites (N-methyl/N-ethyl adjacent to an activating group) is 1. The van der Waals surface area contributed by atoms with E-state index in [1.54, 1.807) is 0 Å². The van der Waals surface area contributed by atoms with Crippen molar-refractivity contribution >= 4 is 5.91 Å². The normalized spacial score (nSPS) is 21.1. The minimum Gasteiger partial charge on any atom is -0.355 e. The van der Waals surface area contributed by atoms with Crippen LogP contribution in [0.3, 0.4) is 0 Å². The van der Waals surface area contributed by atoms with Crippen molar-refractivity contribution in [3.05, 3.63) is 0 Å². The summed E-state index contributed by atoms with van der Waals surface area (Å²) in [6, 6.07) is 0.552. The number of rotatable bonds is 6. The lowest BCUT2D eigenvalue weighted by Gasteiger charge is -2.26. The molecule has 106 valence electrons. The lowest BCUT2D eigenvalue weighted by Crippen LogP contribution is -2.41. The van der Waals surface area contributed by atoms with Crippen LogP contribution in [0.4, 0.5) is 0 Å². The molecule has 0 spiro atoms. The molecule has 0 bridgehead atoms. The average molecular weight is 255 g/mol. The summed E-state index contributed by atoms with van der Waals surface area (Å²) in [5.74, 6) is 0.811. The second-order valence-corrected chi connectivity index (χ2v) is 5.78. The number of hydrogen-bond donors (Lipinski definition) is 2. The van der Waals surface area contributed by atoms with Crippen molar-refractivity contribution in [2.45, 2.75) is 45.6 Å². The van der Waals surface area contributed by atoms with E-state index in [4.69, 9.17) is 0 Å². The molecular formula is C14H29N3O. The molecule has 0 saturated carbocycles. The number of nitrogens with one attached hydrogen (secondary N) is 2. The molecular weight excluding hydrogens is 226 g/mol. The van der Waals surface area contributed by atoms with E-state index in [-0.39, 0.29) is 5.91 Å². The molecule has 1 amide bonds. The van der Waals surface area contributed by atoms with E-state index in [0.717, 1.165) is 32.5 Å². The summed E-state index contributed by atoms with van der Waals surface area (Å²) in [7, 11) is 2.07. The van der Waals surface area contributed by atoms with E-state index in [9.17, 15) is 4.79 Å². The number of hydrogen-bond acceptors (Lipinski definition) is 3. The molecule has 4 heteroatoms. The van der Waals surface area contributed by atoms with E-state index in [1.165, 1.54) is 12.8 Å². The molecule has 2 N–H and O–H groups in total. The highest BCUT2D eigenvalue weighted by molar-refractivity contribution is 5.77. The Hall–Kier alpha value is -0.610. The van der Waals surface area contributed by atoms with Gasteiger partial charge in [0.05, 0.1) is 6.54 Å². The summed E-state index contributed by atoms with van der Waals surface area (Å²) in [5.41, 5.74) is 0. The van der Waals surface area contributed by atoms with Gasteiger partial charge in [-0.05, 0) is 51.7 Å². The molecule has 4 nitrogen and oxygen atoms in total. The second kappa shape index (κ2) is 8.48. The van der Waals surface area contributed by atoms with Crippen LogP contribution < -0.4 is 10.6 Å². The van der Waals surface area contributed by atoms with E-state index in [2.05, 4.69) is 36.4 Å². The molecule has 1 aliphatic rings. The monoisotopic (exact) mass is 255 g/mol. The fraction of sp³-hybridized carbons (Fsp3) is 0.929. The second-order valence-electron chi connectivity index (χ2n) is 5.78. The van der Waals surface area contributed by atoms with Crippen LogP contribution >= 0.6 is 0 Å². The minimum atomic E-state index is 0.162. The maximum Gasteiger partial charge on any atom is 0.234 e. The molecule has 1 heterocycles. The van der Waals surface area contributed by atoms with E-state index in [1.807, 2.05) is 0 Å². The predicted octanol–water partition coefficient (Wildman–Crippen LogP) is 1.22. The van der Waals surface area contributed by atoms with Crippen molar-refractivity contribution in [2.75, 3.05) is 33.2 Å². The average Bonchev–Trinajstić information content (AvgIpc) is 2.56. The Kier molecular flexibility index (Phi) is 7.28. The molecule has 0 radical (unpaired) electrons. The van der Waals surface area contributed by atoms with Gasteiger partial charge in [-0.25, -0.2) is 0 Å². The number of carbonyl (C=O) groups is 1. The molecule has 0 aromatic rings. The van der Waals surface area contributed by atoms with Gasteiger partial charge in [0, 0.05) is 12.6 Å². The van der Waals surface area contributed by atoms with Crippen molar-refractivity contribution in [1.29, 1.82) is 0 Å². The maximum atomic E-state index is 11.8. The first-order valence-electron chi connectivity index (χ1n) is 7.27. The van der Waals surface area contributed by atoms with Gasteiger partial charge in [-0.1, -0.05) is 13.8 Å². The molecule has 0 aliphatic carbocycles. The van der Waals surface area contributed by atoms with Crippen LogP contribution in [0.2, 0.25) is 0 Å². The van der Waals surface area contributed by atoms with Gasteiger partial charge >= 0.3 is 0 Å². The highest BCUT2D eigenvalue weighted by Crippen LogP contribution is 2.11. The van der Waals surface area contributed by atoms with Gasteiger partial charge in [0.2, 0.25) is 5.91 Å². The van der Waals surface area contributed by atoms with Gasteiger partial charge in [0.15, 0.2) is 0 Å². The van der Waals surface area contributed by atoms with Crippen molar-refractivity contribution in [2.24, 2.45) is 5.92 Å². The predicted molar refractivity (Wildman–Crippen MR) is 75.6 cm³/mol. The smallest absolute Gasteiger partial charge is 0.234 e. The maximum absolute atomic E-state index is 11.8. The van der Waals surface area contributed by atoms with Gasteiger partial charge in [-0.15, -0.1) is 0 Å². The molecule has 1 unspecified atom stereocenters. The van der Waals surface area contributed by atoms with Crippen LogP contribution in [0, 0.1) is 5.92 Å². The zero-order valence-corrected chi connectivity index (χ0v) is 12.2. The van der Waals surface area contributed by atoms with Gasteiger partial charge in [0.25, 0.3) is 0 Å². The zero-order chi connectivity index (χ0) is 13.4. The molecule has 1 fully saturated rings. The van der Waals surface area contributed by atoms with Crippen LogP contribution in [-0.4, -0.2) is 50.1 Å². The summed E-state index contributed by atoms with van der Waals surface area (Å²) in [4.78, 5) is 14.0. The van der Waals surface area contributed by atoms with Crippen LogP contribution in [0.5, 0.6) is 0 Å². The van der Waals surface area contributed by atoms with Crippen LogP contribution in [0.15, 0.2) is 0 Å². The third-order valence-electron chi connectivity index (χ3n) is 3.61. The molecule has 1 saturated heterocycles. The lowest BCUT2D eigenvalue weighted by atomic mass is 10.1. The first-order valence-corrected chi connectivity index (χ1v) is 7.27. The van der Waals surface area contributed by atoms with Gasteiger partial charge in [-0.2, -0.15) is 0 Å². The molecule has 18 heavy (non-hydrogen) atoms. The van der Waals surface area contributed by atoms with Gasteiger partial charge in [0.1, 0.15) is 0 Å². The number of nitrogens with zero attached hydrogens (tertiary/aromatic N) is 1. The molecule has 1 rings (SSSR count). The summed E-state index contributed by atoms with van der Waals surface area (Å²) >= 11 is 0. The largest absolute Gasteiger partial charge is 0.355 e. The summed E-state index contributed by atoms with van der Waals surface area (Å²) in [6.45, 7) is 7.88. The Bertz CT molecular complexity index is 235. The Morgan fingerprint density at radius 1 is 1.39 bits per heavy atom. The van der Waals surface area contributed by atoms with Crippen molar-refractivity contribution < 1.29 is 4.79 Å². The fourth-order valence-electron chi connectivity index (χ4n) is 2.35.